The molecule has 1 saturated carbocycles. The van der Waals surface area contributed by atoms with E-state index in [0.717, 1.165) is 12.2 Å². The van der Waals surface area contributed by atoms with E-state index >= 15 is 0 Å². The van der Waals surface area contributed by atoms with Crippen LogP contribution in [0.1, 0.15) is 20.3 Å². The molecule has 1 N–H and O–H groups in total. The van der Waals surface area contributed by atoms with Gasteiger partial charge in [-0.2, -0.15) is 0 Å². The van der Waals surface area contributed by atoms with Crippen LogP contribution in [0.5, 0.6) is 5.75 Å². The van der Waals surface area contributed by atoms with Crippen molar-refractivity contribution in [3.63, 3.8) is 0 Å². The monoisotopic (exact) mass is 192 g/mol. The summed E-state index contributed by atoms with van der Waals surface area (Å²) in [4.78, 5) is 0. The highest BCUT2D eigenvalue weighted by molar-refractivity contribution is 5.22. The fraction of sp³-hybridized carbons (Fsp3) is 0.500. The van der Waals surface area contributed by atoms with Crippen LogP contribution >= 0.6 is 0 Å². The molecule has 1 aromatic rings. The Labute approximate surface area is 84.5 Å². The van der Waals surface area contributed by atoms with Crippen LogP contribution < -0.4 is 4.74 Å². The zero-order valence-corrected chi connectivity index (χ0v) is 8.60. The van der Waals surface area contributed by atoms with Crippen LogP contribution in [0, 0.1) is 5.41 Å². The first-order valence-corrected chi connectivity index (χ1v) is 5.00. The lowest BCUT2D eigenvalue weighted by Crippen LogP contribution is -2.56. The summed E-state index contributed by atoms with van der Waals surface area (Å²) in [6.07, 6.45) is 0.651. The summed E-state index contributed by atoms with van der Waals surface area (Å²) in [7, 11) is 0. The molecule has 76 valence electrons. The van der Waals surface area contributed by atoms with Crippen molar-refractivity contribution >= 4 is 0 Å². The predicted octanol–water partition coefficient (Wildman–Crippen LogP) is 2.22. The summed E-state index contributed by atoms with van der Waals surface area (Å²) in [6, 6.07) is 9.77. The fourth-order valence-electron chi connectivity index (χ4n) is 1.73. The van der Waals surface area contributed by atoms with Gasteiger partial charge in [-0.15, -0.1) is 0 Å². The maximum Gasteiger partial charge on any atom is 0.119 e. The summed E-state index contributed by atoms with van der Waals surface area (Å²) in [5.41, 5.74) is -0.115. The van der Waals surface area contributed by atoms with Gasteiger partial charge in [0, 0.05) is 11.8 Å². The average molecular weight is 192 g/mol. The maximum absolute atomic E-state index is 9.54. The summed E-state index contributed by atoms with van der Waals surface area (Å²) in [5, 5.41) is 9.54. The molecule has 0 aromatic heterocycles. The fourth-order valence-corrected chi connectivity index (χ4v) is 1.73. The van der Waals surface area contributed by atoms with E-state index < -0.39 is 0 Å². The molecule has 0 heterocycles. The second-order valence-electron chi connectivity index (χ2n) is 4.49. The van der Waals surface area contributed by atoms with E-state index in [-0.39, 0.29) is 17.6 Å². The van der Waals surface area contributed by atoms with Crippen LogP contribution in [-0.2, 0) is 0 Å². The highest BCUT2D eigenvalue weighted by atomic mass is 16.5. The minimum Gasteiger partial charge on any atom is -0.490 e. The zero-order chi connectivity index (χ0) is 10.2. The number of rotatable bonds is 2. The summed E-state index contributed by atoms with van der Waals surface area (Å²) in [6.45, 7) is 4.07. The lowest BCUT2D eigenvalue weighted by atomic mass is 9.66. The van der Waals surface area contributed by atoms with Crippen LogP contribution in [0.4, 0.5) is 0 Å². The predicted molar refractivity (Wildman–Crippen MR) is 55.3 cm³/mol. The Kier molecular flexibility index (Phi) is 2.23. The van der Waals surface area contributed by atoms with Crippen molar-refractivity contribution in [1.29, 1.82) is 0 Å². The topological polar surface area (TPSA) is 29.5 Å². The average Bonchev–Trinajstić information content (AvgIpc) is 2.19. The van der Waals surface area contributed by atoms with Gasteiger partial charge in [0.1, 0.15) is 11.9 Å². The molecule has 2 nitrogen and oxygen atoms in total. The molecule has 0 amide bonds. The quantitative estimate of drug-likeness (QED) is 0.778. The number of aliphatic hydroxyl groups excluding tert-OH is 1. The lowest BCUT2D eigenvalue weighted by molar-refractivity contribution is -0.134. The van der Waals surface area contributed by atoms with Gasteiger partial charge in [0.25, 0.3) is 0 Å². The number of benzene rings is 1. The molecule has 0 bridgehead atoms. The third kappa shape index (κ3) is 1.50. The molecular weight excluding hydrogens is 176 g/mol. The number of para-hydroxylation sites is 1. The molecular formula is C12H16O2. The first-order valence-electron chi connectivity index (χ1n) is 5.00. The molecule has 1 aromatic carbocycles. The first kappa shape index (κ1) is 9.53. The van der Waals surface area contributed by atoms with Gasteiger partial charge in [0.15, 0.2) is 0 Å². The Bertz CT molecular complexity index is 305. The van der Waals surface area contributed by atoms with Crippen LogP contribution in [0.25, 0.3) is 0 Å². The molecule has 0 spiro atoms. The molecule has 0 saturated heterocycles. The molecule has 0 unspecified atom stereocenters. The third-order valence-electron chi connectivity index (χ3n) is 3.15. The van der Waals surface area contributed by atoms with Gasteiger partial charge in [0.2, 0.25) is 0 Å². The van der Waals surface area contributed by atoms with E-state index in [2.05, 4.69) is 0 Å². The van der Waals surface area contributed by atoms with Crippen LogP contribution in [0.3, 0.4) is 0 Å². The number of aliphatic hydroxyl groups is 1. The molecule has 1 aliphatic rings. The third-order valence-corrected chi connectivity index (χ3v) is 3.15. The van der Waals surface area contributed by atoms with E-state index in [4.69, 9.17) is 4.74 Å². The van der Waals surface area contributed by atoms with Gasteiger partial charge in [-0.1, -0.05) is 32.0 Å². The van der Waals surface area contributed by atoms with E-state index in [1.807, 2.05) is 44.2 Å². The van der Waals surface area contributed by atoms with Gasteiger partial charge >= 0.3 is 0 Å². The number of ether oxygens (including phenoxy) is 1. The second kappa shape index (κ2) is 3.28. The minimum absolute atomic E-state index is 0.115. The summed E-state index contributed by atoms with van der Waals surface area (Å²) in [5.74, 6) is 0.887. The molecule has 2 rings (SSSR count). The highest BCUT2D eigenvalue weighted by Crippen LogP contribution is 2.42. The second-order valence-corrected chi connectivity index (χ2v) is 4.49. The van der Waals surface area contributed by atoms with Gasteiger partial charge in [0.05, 0.1) is 6.10 Å². The minimum atomic E-state index is -0.226. The molecule has 1 aliphatic carbocycles. The SMILES string of the molecule is CC1(C)[C@H](O)C[C@@H]1Oc1ccccc1. The van der Waals surface area contributed by atoms with Crippen molar-refractivity contribution in [3.8, 4) is 5.75 Å². The number of hydrogen-bond acceptors (Lipinski definition) is 2. The van der Waals surface area contributed by atoms with Crippen molar-refractivity contribution in [2.45, 2.75) is 32.5 Å². The summed E-state index contributed by atoms with van der Waals surface area (Å²) < 4.78 is 5.78. The number of hydrogen-bond donors (Lipinski definition) is 1. The van der Waals surface area contributed by atoms with Crippen molar-refractivity contribution in [2.75, 3.05) is 0 Å². The molecule has 0 radical (unpaired) electrons. The van der Waals surface area contributed by atoms with Crippen molar-refractivity contribution < 1.29 is 9.84 Å². The Morgan fingerprint density at radius 3 is 2.43 bits per heavy atom. The highest BCUT2D eigenvalue weighted by Gasteiger charge is 2.49. The molecule has 14 heavy (non-hydrogen) atoms. The van der Waals surface area contributed by atoms with Gasteiger partial charge in [-0.3, -0.25) is 0 Å². The normalized spacial score (nSPS) is 29.4. The van der Waals surface area contributed by atoms with Crippen LogP contribution in [0.2, 0.25) is 0 Å². The Balaban J connectivity index is 2.01. The van der Waals surface area contributed by atoms with Gasteiger partial charge < -0.3 is 9.84 Å². The van der Waals surface area contributed by atoms with Crippen LogP contribution in [0.15, 0.2) is 30.3 Å². The lowest BCUT2D eigenvalue weighted by Gasteiger charge is -2.48. The van der Waals surface area contributed by atoms with E-state index in [9.17, 15) is 5.11 Å². The molecule has 2 atom stereocenters. The Morgan fingerprint density at radius 2 is 1.93 bits per heavy atom. The largest absolute Gasteiger partial charge is 0.490 e. The van der Waals surface area contributed by atoms with Gasteiger partial charge in [-0.05, 0) is 12.1 Å². The van der Waals surface area contributed by atoms with E-state index in [1.54, 1.807) is 0 Å². The molecule has 1 fully saturated rings. The Morgan fingerprint density at radius 1 is 1.29 bits per heavy atom. The van der Waals surface area contributed by atoms with Crippen LogP contribution in [-0.4, -0.2) is 17.3 Å². The smallest absolute Gasteiger partial charge is 0.119 e. The molecule has 0 aliphatic heterocycles. The Hall–Kier alpha value is -1.02. The van der Waals surface area contributed by atoms with Crippen molar-refractivity contribution in [1.82, 2.24) is 0 Å². The maximum atomic E-state index is 9.54. The van der Waals surface area contributed by atoms with Gasteiger partial charge in [-0.25, -0.2) is 0 Å². The summed E-state index contributed by atoms with van der Waals surface area (Å²) >= 11 is 0. The standard InChI is InChI=1S/C12H16O2/c1-12(2)10(13)8-11(12)14-9-6-4-3-5-7-9/h3-7,10-11,13H,8H2,1-2H3/t10-,11+/m1/s1. The zero-order valence-electron chi connectivity index (χ0n) is 8.60. The van der Waals surface area contributed by atoms with Crippen molar-refractivity contribution in [2.24, 2.45) is 5.41 Å². The first-order chi connectivity index (χ1) is 6.60. The van der Waals surface area contributed by atoms with Crippen molar-refractivity contribution in [3.05, 3.63) is 30.3 Å². The molecule has 2 heteroatoms. The van der Waals surface area contributed by atoms with E-state index in [0.29, 0.717) is 0 Å². The van der Waals surface area contributed by atoms with E-state index in [1.165, 1.54) is 0 Å².